The Balaban J connectivity index is 1.82. The SMILES string of the molecule is CC1Cc2ccccc2N1C(=O)c1n[nH]c2ccncc12. The highest BCUT2D eigenvalue weighted by molar-refractivity contribution is 6.13. The van der Waals surface area contributed by atoms with Gasteiger partial charge in [-0.05, 0) is 31.0 Å². The summed E-state index contributed by atoms with van der Waals surface area (Å²) in [4.78, 5) is 18.8. The van der Waals surface area contributed by atoms with Gasteiger partial charge in [0.1, 0.15) is 0 Å². The summed E-state index contributed by atoms with van der Waals surface area (Å²) in [6, 6.07) is 9.99. The van der Waals surface area contributed by atoms with E-state index in [0.717, 1.165) is 23.0 Å². The van der Waals surface area contributed by atoms with Crippen molar-refractivity contribution in [3.63, 3.8) is 0 Å². The van der Waals surface area contributed by atoms with E-state index in [1.165, 1.54) is 5.56 Å². The Morgan fingerprint density at radius 1 is 1.33 bits per heavy atom. The molecule has 4 rings (SSSR count). The number of rotatable bonds is 1. The van der Waals surface area contributed by atoms with Crippen molar-refractivity contribution in [3.8, 4) is 0 Å². The summed E-state index contributed by atoms with van der Waals surface area (Å²) < 4.78 is 0. The monoisotopic (exact) mass is 278 g/mol. The van der Waals surface area contributed by atoms with Gasteiger partial charge in [-0.25, -0.2) is 0 Å². The molecule has 1 amide bonds. The van der Waals surface area contributed by atoms with Crippen LogP contribution < -0.4 is 4.90 Å². The van der Waals surface area contributed by atoms with Crippen LogP contribution in [-0.2, 0) is 6.42 Å². The number of aromatic nitrogens is 3. The standard InChI is InChI=1S/C16H14N4O/c1-10-8-11-4-2-3-5-14(11)20(10)16(21)15-12-9-17-7-6-13(12)18-19-15/h2-7,9-10H,8H2,1H3,(H,18,19). The van der Waals surface area contributed by atoms with Gasteiger partial charge in [-0.15, -0.1) is 0 Å². The molecule has 1 N–H and O–H groups in total. The number of hydrogen-bond acceptors (Lipinski definition) is 3. The van der Waals surface area contributed by atoms with Crippen molar-refractivity contribution in [2.24, 2.45) is 0 Å². The van der Waals surface area contributed by atoms with Gasteiger partial charge in [0.2, 0.25) is 0 Å². The van der Waals surface area contributed by atoms with Gasteiger partial charge in [0, 0.05) is 24.1 Å². The third-order valence-electron chi connectivity index (χ3n) is 3.99. The number of pyridine rings is 1. The van der Waals surface area contributed by atoms with Crippen LogP contribution in [0, 0.1) is 0 Å². The van der Waals surface area contributed by atoms with E-state index in [4.69, 9.17) is 0 Å². The fourth-order valence-corrected chi connectivity index (χ4v) is 3.01. The molecule has 0 saturated carbocycles. The highest BCUT2D eigenvalue weighted by atomic mass is 16.2. The zero-order valence-corrected chi connectivity index (χ0v) is 11.6. The topological polar surface area (TPSA) is 61.9 Å². The predicted molar refractivity (Wildman–Crippen MR) is 80.3 cm³/mol. The molecule has 1 aliphatic heterocycles. The molecule has 5 nitrogen and oxygen atoms in total. The van der Waals surface area contributed by atoms with Gasteiger partial charge in [-0.3, -0.25) is 14.9 Å². The van der Waals surface area contributed by atoms with E-state index < -0.39 is 0 Å². The number of nitrogens with one attached hydrogen (secondary N) is 1. The Kier molecular flexibility index (Phi) is 2.54. The molecule has 104 valence electrons. The molecular weight excluding hydrogens is 264 g/mol. The molecular formula is C16H14N4O. The maximum Gasteiger partial charge on any atom is 0.279 e. The molecule has 0 fully saturated rings. The average Bonchev–Trinajstić information content (AvgIpc) is 3.06. The third kappa shape index (κ3) is 1.74. The van der Waals surface area contributed by atoms with E-state index in [1.807, 2.05) is 29.2 Å². The zero-order valence-electron chi connectivity index (χ0n) is 11.6. The smallest absolute Gasteiger partial charge is 0.279 e. The molecule has 21 heavy (non-hydrogen) atoms. The Hall–Kier alpha value is -2.69. The Morgan fingerprint density at radius 2 is 2.19 bits per heavy atom. The molecule has 0 aliphatic carbocycles. The molecule has 0 spiro atoms. The first-order valence-corrected chi connectivity index (χ1v) is 6.95. The normalized spacial score (nSPS) is 17.2. The summed E-state index contributed by atoms with van der Waals surface area (Å²) >= 11 is 0. The van der Waals surface area contributed by atoms with Crippen LogP contribution in [-0.4, -0.2) is 27.1 Å². The number of para-hydroxylation sites is 1. The summed E-state index contributed by atoms with van der Waals surface area (Å²) in [6.07, 6.45) is 4.24. The largest absolute Gasteiger partial charge is 0.304 e. The van der Waals surface area contributed by atoms with Crippen molar-refractivity contribution < 1.29 is 4.79 Å². The molecule has 3 heterocycles. The lowest BCUT2D eigenvalue weighted by Crippen LogP contribution is -2.36. The van der Waals surface area contributed by atoms with Crippen molar-refractivity contribution >= 4 is 22.5 Å². The van der Waals surface area contributed by atoms with Crippen LogP contribution in [0.25, 0.3) is 10.9 Å². The van der Waals surface area contributed by atoms with Crippen LogP contribution in [0.5, 0.6) is 0 Å². The van der Waals surface area contributed by atoms with E-state index in [2.05, 4.69) is 28.2 Å². The average molecular weight is 278 g/mol. The number of amides is 1. The molecule has 1 atom stereocenters. The maximum absolute atomic E-state index is 12.9. The molecule has 1 aliphatic rings. The molecule has 0 bridgehead atoms. The van der Waals surface area contributed by atoms with Crippen molar-refractivity contribution in [2.45, 2.75) is 19.4 Å². The second-order valence-corrected chi connectivity index (χ2v) is 5.35. The number of anilines is 1. The third-order valence-corrected chi connectivity index (χ3v) is 3.99. The van der Waals surface area contributed by atoms with Gasteiger partial charge >= 0.3 is 0 Å². The Morgan fingerprint density at radius 3 is 3.10 bits per heavy atom. The number of aromatic amines is 1. The first-order valence-electron chi connectivity index (χ1n) is 6.95. The summed E-state index contributed by atoms with van der Waals surface area (Å²) in [6.45, 7) is 2.06. The maximum atomic E-state index is 12.9. The zero-order chi connectivity index (χ0) is 14.4. The molecule has 2 aromatic heterocycles. The van der Waals surface area contributed by atoms with Crippen LogP contribution in [0.1, 0.15) is 23.0 Å². The highest BCUT2D eigenvalue weighted by Crippen LogP contribution is 2.33. The van der Waals surface area contributed by atoms with Crippen LogP contribution in [0.15, 0.2) is 42.7 Å². The van der Waals surface area contributed by atoms with Crippen molar-refractivity contribution in [1.82, 2.24) is 15.2 Å². The van der Waals surface area contributed by atoms with E-state index in [9.17, 15) is 4.79 Å². The number of H-pyrrole nitrogens is 1. The second-order valence-electron chi connectivity index (χ2n) is 5.35. The van der Waals surface area contributed by atoms with Gasteiger partial charge in [0.05, 0.1) is 10.9 Å². The number of carbonyl (C=O) groups is 1. The predicted octanol–water partition coefficient (Wildman–Crippen LogP) is 2.55. The van der Waals surface area contributed by atoms with Gasteiger partial charge in [-0.2, -0.15) is 5.10 Å². The van der Waals surface area contributed by atoms with E-state index in [0.29, 0.717) is 5.69 Å². The molecule has 1 aromatic carbocycles. The lowest BCUT2D eigenvalue weighted by Gasteiger charge is -2.21. The minimum Gasteiger partial charge on any atom is -0.304 e. The van der Waals surface area contributed by atoms with Crippen LogP contribution >= 0.6 is 0 Å². The lowest BCUT2D eigenvalue weighted by atomic mass is 10.1. The summed E-state index contributed by atoms with van der Waals surface area (Å²) in [5.74, 6) is -0.0771. The van der Waals surface area contributed by atoms with E-state index in [1.54, 1.807) is 12.4 Å². The minimum absolute atomic E-state index is 0.0771. The van der Waals surface area contributed by atoms with Gasteiger partial charge in [-0.1, -0.05) is 18.2 Å². The molecule has 0 radical (unpaired) electrons. The highest BCUT2D eigenvalue weighted by Gasteiger charge is 2.33. The summed E-state index contributed by atoms with van der Waals surface area (Å²) in [5.41, 5.74) is 3.45. The lowest BCUT2D eigenvalue weighted by molar-refractivity contribution is 0.0978. The summed E-state index contributed by atoms with van der Waals surface area (Å²) in [5, 5.41) is 7.85. The Labute approximate surface area is 121 Å². The second kappa shape index (κ2) is 4.41. The fourth-order valence-electron chi connectivity index (χ4n) is 3.01. The minimum atomic E-state index is -0.0771. The molecule has 0 saturated heterocycles. The first kappa shape index (κ1) is 12.1. The first-order chi connectivity index (χ1) is 10.3. The van der Waals surface area contributed by atoms with Crippen LogP contribution in [0.2, 0.25) is 0 Å². The van der Waals surface area contributed by atoms with Crippen LogP contribution in [0.4, 0.5) is 5.69 Å². The molecule has 3 aromatic rings. The van der Waals surface area contributed by atoms with Crippen LogP contribution in [0.3, 0.4) is 0 Å². The van der Waals surface area contributed by atoms with Crippen molar-refractivity contribution in [1.29, 1.82) is 0 Å². The summed E-state index contributed by atoms with van der Waals surface area (Å²) in [7, 11) is 0. The van der Waals surface area contributed by atoms with Gasteiger partial charge in [0.15, 0.2) is 5.69 Å². The number of carbonyl (C=O) groups excluding carboxylic acids is 1. The fraction of sp³-hybridized carbons (Fsp3) is 0.188. The number of benzene rings is 1. The Bertz CT molecular complexity index is 839. The van der Waals surface area contributed by atoms with Gasteiger partial charge < -0.3 is 4.90 Å². The molecule has 5 heteroatoms. The van der Waals surface area contributed by atoms with Gasteiger partial charge in [0.25, 0.3) is 5.91 Å². The number of fused-ring (bicyclic) bond motifs is 2. The number of nitrogens with zero attached hydrogens (tertiary/aromatic N) is 3. The van der Waals surface area contributed by atoms with Crippen molar-refractivity contribution in [2.75, 3.05) is 4.90 Å². The quantitative estimate of drug-likeness (QED) is 0.744. The van der Waals surface area contributed by atoms with Crippen molar-refractivity contribution in [3.05, 3.63) is 54.0 Å². The van der Waals surface area contributed by atoms with E-state index >= 15 is 0 Å². The van der Waals surface area contributed by atoms with E-state index in [-0.39, 0.29) is 11.9 Å². The number of hydrogen-bond donors (Lipinski definition) is 1. The molecule has 1 unspecified atom stereocenters.